The van der Waals surface area contributed by atoms with Crippen LogP contribution in [0.15, 0.2) is 24.5 Å². The zero-order chi connectivity index (χ0) is 13.2. The Kier molecular flexibility index (Phi) is 3.07. The Labute approximate surface area is 112 Å². The molecule has 0 atom stereocenters. The SMILES string of the molecule is CCc1ccc(Oc2ncnc3c2CCC3)c(N)c1. The van der Waals surface area contributed by atoms with E-state index in [4.69, 9.17) is 10.5 Å². The van der Waals surface area contributed by atoms with Crippen LogP contribution in [-0.2, 0) is 19.3 Å². The number of nitrogen functional groups attached to an aromatic ring is 1. The number of aromatic nitrogens is 2. The van der Waals surface area contributed by atoms with Crippen molar-refractivity contribution in [1.29, 1.82) is 0 Å². The molecule has 1 aromatic heterocycles. The summed E-state index contributed by atoms with van der Waals surface area (Å²) in [6.45, 7) is 2.10. The Morgan fingerprint density at radius 3 is 2.95 bits per heavy atom. The van der Waals surface area contributed by atoms with Crippen molar-refractivity contribution in [3.05, 3.63) is 41.3 Å². The summed E-state index contributed by atoms with van der Waals surface area (Å²) in [6, 6.07) is 5.90. The van der Waals surface area contributed by atoms with Crippen LogP contribution in [0, 0.1) is 0 Å². The lowest BCUT2D eigenvalue weighted by Crippen LogP contribution is -1.99. The van der Waals surface area contributed by atoms with Crippen molar-refractivity contribution >= 4 is 5.69 Å². The van der Waals surface area contributed by atoms with Crippen molar-refractivity contribution in [3.63, 3.8) is 0 Å². The maximum absolute atomic E-state index is 6.02. The predicted molar refractivity (Wildman–Crippen MR) is 74.4 cm³/mol. The van der Waals surface area contributed by atoms with E-state index in [1.54, 1.807) is 6.33 Å². The van der Waals surface area contributed by atoms with Gasteiger partial charge in [-0.15, -0.1) is 0 Å². The zero-order valence-corrected chi connectivity index (χ0v) is 11.0. The van der Waals surface area contributed by atoms with Crippen molar-refractivity contribution in [2.75, 3.05) is 5.73 Å². The van der Waals surface area contributed by atoms with Gasteiger partial charge in [0, 0.05) is 5.56 Å². The number of ether oxygens (including phenoxy) is 1. The van der Waals surface area contributed by atoms with Gasteiger partial charge in [0.25, 0.3) is 0 Å². The molecule has 0 unspecified atom stereocenters. The van der Waals surface area contributed by atoms with Gasteiger partial charge in [-0.05, 0) is 43.4 Å². The number of hydrogen-bond donors (Lipinski definition) is 1. The van der Waals surface area contributed by atoms with Crippen LogP contribution in [0.25, 0.3) is 0 Å². The van der Waals surface area contributed by atoms with Gasteiger partial charge in [0.1, 0.15) is 6.33 Å². The first kappa shape index (κ1) is 12.0. The van der Waals surface area contributed by atoms with Crippen molar-refractivity contribution in [1.82, 2.24) is 9.97 Å². The van der Waals surface area contributed by atoms with Crippen molar-refractivity contribution in [2.24, 2.45) is 0 Å². The molecule has 0 saturated carbocycles. The van der Waals surface area contributed by atoms with Crippen LogP contribution in [0.1, 0.15) is 30.2 Å². The Bertz CT molecular complexity index is 610. The fourth-order valence-corrected chi connectivity index (χ4v) is 2.43. The number of nitrogens with zero attached hydrogens (tertiary/aromatic N) is 2. The molecule has 0 radical (unpaired) electrons. The van der Waals surface area contributed by atoms with Crippen LogP contribution < -0.4 is 10.5 Å². The molecule has 0 amide bonds. The number of nitrogens with two attached hydrogens (primary N) is 1. The Morgan fingerprint density at radius 1 is 1.26 bits per heavy atom. The molecule has 98 valence electrons. The van der Waals surface area contributed by atoms with E-state index in [0.29, 0.717) is 17.3 Å². The molecule has 3 rings (SSSR count). The van der Waals surface area contributed by atoms with Crippen LogP contribution in [0.3, 0.4) is 0 Å². The summed E-state index contributed by atoms with van der Waals surface area (Å²) in [5.41, 5.74) is 10.1. The monoisotopic (exact) mass is 255 g/mol. The maximum Gasteiger partial charge on any atom is 0.225 e. The first-order chi connectivity index (χ1) is 9.28. The molecule has 4 nitrogen and oxygen atoms in total. The molecule has 1 aromatic carbocycles. The summed E-state index contributed by atoms with van der Waals surface area (Å²) in [5, 5.41) is 0. The summed E-state index contributed by atoms with van der Waals surface area (Å²) in [4.78, 5) is 8.53. The average molecular weight is 255 g/mol. The third-order valence-electron chi connectivity index (χ3n) is 3.52. The van der Waals surface area contributed by atoms with Crippen LogP contribution in [-0.4, -0.2) is 9.97 Å². The minimum atomic E-state index is 0.651. The molecule has 2 N–H and O–H groups in total. The van der Waals surface area contributed by atoms with Gasteiger partial charge in [0.05, 0.1) is 11.4 Å². The quantitative estimate of drug-likeness (QED) is 0.857. The van der Waals surface area contributed by atoms with E-state index in [0.717, 1.165) is 36.9 Å². The first-order valence-corrected chi connectivity index (χ1v) is 6.67. The molecule has 4 heteroatoms. The van der Waals surface area contributed by atoms with Gasteiger partial charge in [-0.2, -0.15) is 0 Å². The van der Waals surface area contributed by atoms with E-state index in [1.807, 2.05) is 18.2 Å². The third kappa shape index (κ3) is 2.26. The minimum Gasteiger partial charge on any atom is -0.436 e. The standard InChI is InChI=1S/C15H17N3O/c1-2-10-6-7-14(12(16)8-10)19-15-11-4-3-5-13(11)17-9-18-15/h6-9H,2-5,16H2,1H3. The maximum atomic E-state index is 6.02. The molecule has 2 aromatic rings. The average Bonchev–Trinajstić information content (AvgIpc) is 2.90. The van der Waals surface area contributed by atoms with E-state index in [-0.39, 0.29) is 0 Å². The van der Waals surface area contributed by atoms with Crippen molar-refractivity contribution in [3.8, 4) is 11.6 Å². The highest BCUT2D eigenvalue weighted by Crippen LogP contribution is 2.33. The second kappa shape index (κ2) is 4.88. The summed E-state index contributed by atoms with van der Waals surface area (Å²) in [7, 11) is 0. The van der Waals surface area contributed by atoms with Gasteiger partial charge < -0.3 is 10.5 Å². The smallest absolute Gasteiger partial charge is 0.225 e. The van der Waals surface area contributed by atoms with Crippen molar-refractivity contribution in [2.45, 2.75) is 32.6 Å². The molecule has 0 fully saturated rings. The summed E-state index contributed by atoms with van der Waals surface area (Å²) in [6.07, 6.45) is 5.65. The normalized spacial score (nSPS) is 13.3. The number of anilines is 1. The minimum absolute atomic E-state index is 0.651. The lowest BCUT2D eigenvalue weighted by atomic mass is 10.1. The predicted octanol–water partition coefficient (Wildman–Crippen LogP) is 2.90. The molecular formula is C15H17N3O. The van der Waals surface area contributed by atoms with Gasteiger partial charge in [0.2, 0.25) is 5.88 Å². The summed E-state index contributed by atoms with van der Waals surface area (Å²) in [5.74, 6) is 1.32. The molecule has 0 saturated heterocycles. The fraction of sp³-hybridized carbons (Fsp3) is 0.333. The molecule has 1 aliphatic carbocycles. The zero-order valence-electron chi connectivity index (χ0n) is 11.0. The third-order valence-corrected chi connectivity index (χ3v) is 3.52. The van der Waals surface area contributed by atoms with Gasteiger partial charge in [-0.1, -0.05) is 13.0 Å². The second-order valence-electron chi connectivity index (χ2n) is 4.79. The summed E-state index contributed by atoms with van der Waals surface area (Å²) < 4.78 is 5.88. The largest absolute Gasteiger partial charge is 0.436 e. The fourth-order valence-electron chi connectivity index (χ4n) is 2.43. The number of rotatable bonds is 3. The molecule has 0 spiro atoms. The molecule has 1 aliphatic rings. The van der Waals surface area contributed by atoms with Crippen LogP contribution in [0.2, 0.25) is 0 Å². The molecular weight excluding hydrogens is 238 g/mol. The second-order valence-corrected chi connectivity index (χ2v) is 4.79. The van der Waals surface area contributed by atoms with Crippen LogP contribution in [0.4, 0.5) is 5.69 Å². The van der Waals surface area contributed by atoms with E-state index < -0.39 is 0 Å². The highest BCUT2D eigenvalue weighted by molar-refractivity contribution is 5.56. The lowest BCUT2D eigenvalue weighted by Gasteiger charge is -2.11. The Morgan fingerprint density at radius 2 is 2.16 bits per heavy atom. The molecule has 19 heavy (non-hydrogen) atoms. The van der Waals surface area contributed by atoms with Gasteiger partial charge in [-0.25, -0.2) is 9.97 Å². The van der Waals surface area contributed by atoms with E-state index in [9.17, 15) is 0 Å². The Balaban J connectivity index is 1.92. The lowest BCUT2D eigenvalue weighted by molar-refractivity contribution is 0.457. The molecule has 1 heterocycles. The molecule has 0 aliphatic heterocycles. The highest BCUT2D eigenvalue weighted by atomic mass is 16.5. The Hall–Kier alpha value is -2.10. The van der Waals surface area contributed by atoms with Gasteiger partial charge in [-0.3, -0.25) is 0 Å². The number of aryl methyl sites for hydroxylation is 2. The van der Waals surface area contributed by atoms with E-state index in [2.05, 4.69) is 16.9 Å². The van der Waals surface area contributed by atoms with E-state index in [1.165, 1.54) is 5.56 Å². The topological polar surface area (TPSA) is 61.0 Å². The molecule has 0 bridgehead atoms. The van der Waals surface area contributed by atoms with Gasteiger partial charge in [0.15, 0.2) is 5.75 Å². The van der Waals surface area contributed by atoms with Crippen LogP contribution in [0.5, 0.6) is 11.6 Å². The summed E-state index contributed by atoms with van der Waals surface area (Å²) >= 11 is 0. The van der Waals surface area contributed by atoms with E-state index >= 15 is 0 Å². The highest BCUT2D eigenvalue weighted by Gasteiger charge is 2.19. The van der Waals surface area contributed by atoms with Gasteiger partial charge >= 0.3 is 0 Å². The number of hydrogen-bond acceptors (Lipinski definition) is 4. The van der Waals surface area contributed by atoms with Crippen molar-refractivity contribution < 1.29 is 4.74 Å². The number of fused-ring (bicyclic) bond motifs is 1. The number of benzene rings is 1. The first-order valence-electron chi connectivity index (χ1n) is 6.67. The van der Waals surface area contributed by atoms with Crippen LogP contribution >= 0.6 is 0 Å².